The minimum Gasteiger partial charge on any atom is -0.494 e. The Balaban J connectivity index is 1.80. The van der Waals surface area contributed by atoms with Gasteiger partial charge in [-0.05, 0) is 56.2 Å². The summed E-state index contributed by atoms with van der Waals surface area (Å²) in [6.07, 6.45) is 0.777. The van der Waals surface area contributed by atoms with Gasteiger partial charge in [-0.3, -0.25) is 4.79 Å². The van der Waals surface area contributed by atoms with Gasteiger partial charge in [-0.2, -0.15) is 4.31 Å². The van der Waals surface area contributed by atoms with E-state index in [9.17, 15) is 13.2 Å². The number of nitrogens with zero attached hydrogens (tertiary/aromatic N) is 2. The van der Waals surface area contributed by atoms with Crippen molar-refractivity contribution in [3.05, 3.63) is 54.1 Å². The second-order valence-corrected chi connectivity index (χ2v) is 8.72. The van der Waals surface area contributed by atoms with Crippen molar-refractivity contribution in [1.29, 1.82) is 0 Å². The summed E-state index contributed by atoms with van der Waals surface area (Å²) in [5, 5.41) is 0. The summed E-state index contributed by atoms with van der Waals surface area (Å²) in [4.78, 5) is 14.9. The van der Waals surface area contributed by atoms with E-state index in [1.54, 1.807) is 24.0 Å². The molecule has 7 heteroatoms. The van der Waals surface area contributed by atoms with Gasteiger partial charge in [0.2, 0.25) is 15.9 Å². The lowest BCUT2D eigenvalue weighted by Crippen LogP contribution is -2.45. The van der Waals surface area contributed by atoms with Crippen LogP contribution in [0.4, 0.5) is 5.69 Å². The van der Waals surface area contributed by atoms with Crippen molar-refractivity contribution in [1.82, 2.24) is 4.31 Å². The number of benzene rings is 2. The van der Waals surface area contributed by atoms with Crippen LogP contribution in [-0.4, -0.2) is 44.4 Å². The zero-order valence-electron chi connectivity index (χ0n) is 16.5. The normalized spacial score (nSPS) is 16.3. The molecule has 28 heavy (non-hydrogen) atoms. The van der Waals surface area contributed by atoms with E-state index in [-0.39, 0.29) is 29.9 Å². The van der Waals surface area contributed by atoms with E-state index in [1.807, 2.05) is 38.1 Å². The predicted molar refractivity (Wildman–Crippen MR) is 109 cm³/mol. The molecule has 1 atom stereocenters. The number of anilines is 1. The first-order valence-electron chi connectivity index (χ1n) is 9.51. The molecule has 0 radical (unpaired) electrons. The molecule has 1 heterocycles. The van der Waals surface area contributed by atoms with Crippen LogP contribution in [0.5, 0.6) is 5.75 Å². The molecule has 0 unspecified atom stereocenters. The van der Waals surface area contributed by atoms with Crippen molar-refractivity contribution >= 4 is 21.6 Å². The molecule has 0 N–H and O–H groups in total. The molecule has 6 nitrogen and oxygen atoms in total. The zero-order chi connectivity index (χ0) is 20.3. The minimum absolute atomic E-state index is 0.0109. The standard InChI is InChI=1S/C21H26N2O4S/c1-4-22(28(25,26)19-12-10-18(11-13-19)27-5-2)15-21(24)23-16(3)14-17-8-6-7-9-20(17)23/h6-13,16H,4-5,14-15H2,1-3H3/t16-/m1/s1. The van der Waals surface area contributed by atoms with Crippen LogP contribution in [0.25, 0.3) is 0 Å². The topological polar surface area (TPSA) is 66.9 Å². The fourth-order valence-corrected chi connectivity index (χ4v) is 4.96. The summed E-state index contributed by atoms with van der Waals surface area (Å²) < 4.78 is 32.6. The number of likely N-dealkylation sites (N-methyl/N-ethyl adjacent to an activating group) is 1. The number of fused-ring (bicyclic) bond motifs is 1. The van der Waals surface area contributed by atoms with Crippen LogP contribution in [0.1, 0.15) is 26.3 Å². The summed E-state index contributed by atoms with van der Waals surface area (Å²) in [6, 6.07) is 14.1. The van der Waals surface area contributed by atoms with Gasteiger partial charge in [0.05, 0.1) is 18.0 Å². The molecule has 0 spiro atoms. The highest BCUT2D eigenvalue weighted by molar-refractivity contribution is 7.89. The quantitative estimate of drug-likeness (QED) is 0.714. The first-order chi connectivity index (χ1) is 13.4. The van der Waals surface area contributed by atoms with Crippen molar-refractivity contribution in [3.63, 3.8) is 0 Å². The number of rotatable bonds is 7. The van der Waals surface area contributed by atoms with Crippen LogP contribution in [0.15, 0.2) is 53.4 Å². The van der Waals surface area contributed by atoms with Gasteiger partial charge in [-0.25, -0.2) is 8.42 Å². The van der Waals surface area contributed by atoms with Gasteiger partial charge < -0.3 is 9.64 Å². The van der Waals surface area contributed by atoms with Crippen molar-refractivity contribution < 1.29 is 17.9 Å². The fourth-order valence-electron chi connectivity index (χ4n) is 3.56. The Hall–Kier alpha value is -2.38. The van der Waals surface area contributed by atoms with Crippen LogP contribution >= 0.6 is 0 Å². The van der Waals surface area contributed by atoms with Gasteiger partial charge in [0.1, 0.15) is 5.75 Å². The van der Waals surface area contributed by atoms with Crippen molar-refractivity contribution in [2.24, 2.45) is 0 Å². The van der Waals surface area contributed by atoms with Gasteiger partial charge in [0.25, 0.3) is 0 Å². The molecule has 3 rings (SSSR count). The lowest BCUT2D eigenvalue weighted by molar-refractivity contribution is -0.119. The summed E-state index contributed by atoms with van der Waals surface area (Å²) in [6.45, 7) is 6.12. The van der Waals surface area contributed by atoms with Crippen molar-refractivity contribution in [2.45, 2.75) is 38.1 Å². The van der Waals surface area contributed by atoms with Gasteiger partial charge in [-0.1, -0.05) is 25.1 Å². The van der Waals surface area contributed by atoms with Crippen molar-refractivity contribution in [3.8, 4) is 5.75 Å². The van der Waals surface area contributed by atoms with E-state index < -0.39 is 10.0 Å². The van der Waals surface area contributed by atoms with Crippen molar-refractivity contribution in [2.75, 3.05) is 24.6 Å². The highest BCUT2D eigenvalue weighted by atomic mass is 32.2. The lowest BCUT2D eigenvalue weighted by atomic mass is 10.1. The molecule has 1 aliphatic rings. The molecule has 0 fully saturated rings. The maximum Gasteiger partial charge on any atom is 0.243 e. The van der Waals surface area contributed by atoms with Gasteiger partial charge >= 0.3 is 0 Å². The van der Waals surface area contributed by atoms with Crippen LogP contribution in [-0.2, 0) is 21.2 Å². The molecule has 1 aliphatic heterocycles. The summed E-state index contributed by atoms with van der Waals surface area (Å²) in [5.41, 5.74) is 1.98. The number of carbonyl (C=O) groups excluding carboxylic acids is 1. The Morgan fingerprint density at radius 2 is 1.82 bits per heavy atom. The lowest BCUT2D eigenvalue weighted by Gasteiger charge is -2.27. The average molecular weight is 403 g/mol. The van der Waals surface area contributed by atoms with E-state index in [0.717, 1.165) is 17.7 Å². The Kier molecular flexibility index (Phi) is 6.05. The van der Waals surface area contributed by atoms with Gasteiger partial charge in [0, 0.05) is 18.3 Å². The zero-order valence-corrected chi connectivity index (χ0v) is 17.3. The Morgan fingerprint density at radius 3 is 2.46 bits per heavy atom. The maximum absolute atomic E-state index is 13.0. The summed E-state index contributed by atoms with van der Waals surface area (Å²) in [5.74, 6) is 0.400. The minimum atomic E-state index is -3.77. The second-order valence-electron chi connectivity index (χ2n) is 6.78. The Labute approximate surface area is 166 Å². The molecule has 150 valence electrons. The number of amides is 1. The predicted octanol–water partition coefficient (Wildman–Crippen LogP) is 3.07. The molecule has 0 bridgehead atoms. The van der Waals surface area contributed by atoms with Crippen LogP contribution in [0.2, 0.25) is 0 Å². The van der Waals surface area contributed by atoms with Crippen LogP contribution < -0.4 is 9.64 Å². The molecular formula is C21H26N2O4S. The molecular weight excluding hydrogens is 376 g/mol. The molecule has 0 saturated heterocycles. The number of para-hydroxylation sites is 1. The number of ether oxygens (including phenoxy) is 1. The largest absolute Gasteiger partial charge is 0.494 e. The third-order valence-corrected chi connectivity index (χ3v) is 6.85. The molecule has 2 aromatic rings. The third-order valence-electron chi connectivity index (χ3n) is 4.91. The maximum atomic E-state index is 13.0. The number of hydrogen-bond acceptors (Lipinski definition) is 4. The van der Waals surface area contributed by atoms with Crippen LogP contribution in [0, 0.1) is 0 Å². The number of sulfonamides is 1. The smallest absolute Gasteiger partial charge is 0.243 e. The van der Waals surface area contributed by atoms with E-state index in [1.165, 1.54) is 16.4 Å². The van der Waals surface area contributed by atoms with E-state index in [2.05, 4.69) is 0 Å². The van der Waals surface area contributed by atoms with Gasteiger partial charge in [-0.15, -0.1) is 0 Å². The monoisotopic (exact) mass is 402 g/mol. The van der Waals surface area contributed by atoms with E-state index in [0.29, 0.717) is 12.4 Å². The van der Waals surface area contributed by atoms with Crippen LogP contribution in [0.3, 0.4) is 0 Å². The van der Waals surface area contributed by atoms with Gasteiger partial charge in [0.15, 0.2) is 0 Å². The molecule has 0 aliphatic carbocycles. The van der Waals surface area contributed by atoms with E-state index >= 15 is 0 Å². The molecule has 1 amide bonds. The fraction of sp³-hybridized carbons (Fsp3) is 0.381. The first-order valence-corrected chi connectivity index (χ1v) is 11.0. The molecule has 0 aromatic heterocycles. The highest BCUT2D eigenvalue weighted by Gasteiger charge is 2.33. The number of hydrogen-bond donors (Lipinski definition) is 0. The number of carbonyl (C=O) groups is 1. The summed E-state index contributed by atoms with van der Waals surface area (Å²) in [7, 11) is -3.77. The summed E-state index contributed by atoms with van der Waals surface area (Å²) >= 11 is 0. The Morgan fingerprint density at radius 1 is 1.14 bits per heavy atom. The Bertz CT molecular complexity index is 941. The molecule has 2 aromatic carbocycles. The SMILES string of the molecule is CCOc1ccc(S(=O)(=O)N(CC)CC(=O)N2c3ccccc3C[C@H]2C)cc1. The third kappa shape index (κ3) is 3.91. The molecule has 0 saturated carbocycles. The first kappa shape index (κ1) is 20.4. The second kappa shape index (κ2) is 8.32. The van der Waals surface area contributed by atoms with E-state index in [4.69, 9.17) is 4.74 Å². The average Bonchev–Trinajstić information content (AvgIpc) is 3.02. The highest BCUT2D eigenvalue weighted by Crippen LogP contribution is 2.32.